The number of Topliss-reactive ketones (excluding diaryl/α,β-unsaturated/α-hetero) is 1. The van der Waals surface area contributed by atoms with Crippen LogP contribution < -0.4 is 4.74 Å². The van der Waals surface area contributed by atoms with Crippen LogP contribution in [0.4, 0.5) is 8.78 Å². The number of hydrogen-bond acceptors (Lipinski definition) is 4. The Morgan fingerprint density at radius 1 is 1.48 bits per heavy atom. The Bertz CT molecular complexity index is 617. The van der Waals surface area contributed by atoms with Crippen LogP contribution in [0.3, 0.4) is 0 Å². The lowest BCUT2D eigenvalue weighted by atomic mass is 10.1. The van der Waals surface area contributed by atoms with E-state index >= 15 is 0 Å². The molecular weight excluding hydrogens is 298 g/mol. The summed E-state index contributed by atoms with van der Waals surface area (Å²) in [5.74, 6) is 0.0103. The van der Waals surface area contributed by atoms with Gasteiger partial charge in [-0.3, -0.25) is 4.79 Å². The standard InChI is InChI=1S/C14H14F2N2O2S/c1-2-18-7-6-17-14(18)21-9-12(19)10-4-3-5-11(8-10)20-13(15)16/h3-8,13H,2,9H2,1H3. The van der Waals surface area contributed by atoms with Gasteiger partial charge in [0.2, 0.25) is 0 Å². The highest BCUT2D eigenvalue weighted by molar-refractivity contribution is 7.99. The number of benzene rings is 1. The Labute approximate surface area is 125 Å². The molecule has 21 heavy (non-hydrogen) atoms. The summed E-state index contributed by atoms with van der Waals surface area (Å²) in [6.07, 6.45) is 3.51. The Morgan fingerprint density at radius 2 is 2.29 bits per heavy atom. The summed E-state index contributed by atoms with van der Waals surface area (Å²) >= 11 is 1.31. The van der Waals surface area contributed by atoms with E-state index in [0.717, 1.165) is 11.7 Å². The molecule has 0 atom stereocenters. The lowest BCUT2D eigenvalue weighted by molar-refractivity contribution is -0.0498. The highest BCUT2D eigenvalue weighted by Gasteiger charge is 2.11. The first-order valence-electron chi connectivity index (χ1n) is 6.32. The van der Waals surface area contributed by atoms with Gasteiger partial charge in [-0.2, -0.15) is 8.78 Å². The lowest BCUT2D eigenvalue weighted by Crippen LogP contribution is -2.06. The van der Waals surface area contributed by atoms with Crippen LogP contribution in [0.1, 0.15) is 17.3 Å². The summed E-state index contributed by atoms with van der Waals surface area (Å²) in [5.41, 5.74) is 0.343. The smallest absolute Gasteiger partial charge is 0.387 e. The van der Waals surface area contributed by atoms with Gasteiger partial charge in [0.1, 0.15) is 5.75 Å². The van der Waals surface area contributed by atoms with Gasteiger partial charge in [-0.25, -0.2) is 4.98 Å². The van der Waals surface area contributed by atoms with Crippen molar-refractivity contribution in [1.29, 1.82) is 0 Å². The predicted octanol–water partition coefficient (Wildman–Crippen LogP) is 3.48. The molecule has 0 spiro atoms. The van der Waals surface area contributed by atoms with Crippen molar-refractivity contribution >= 4 is 17.5 Å². The highest BCUT2D eigenvalue weighted by atomic mass is 32.2. The van der Waals surface area contributed by atoms with Crippen LogP contribution in [0.5, 0.6) is 5.75 Å². The molecule has 1 aromatic heterocycles. The number of imidazole rings is 1. The minimum absolute atomic E-state index is 0.0177. The van der Waals surface area contributed by atoms with Crippen LogP contribution in [0.15, 0.2) is 41.8 Å². The van der Waals surface area contributed by atoms with E-state index in [1.54, 1.807) is 12.3 Å². The number of thioether (sulfide) groups is 1. The molecule has 112 valence electrons. The van der Waals surface area contributed by atoms with Crippen molar-refractivity contribution in [3.63, 3.8) is 0 Å². The summed E-state index contributed by atoms with van der Waals surface area (Å²) < 4.78 is 30.5. The zero-order valence-corrected chi connectivity index (χ0v) is 12.1. The van der Waals surface area contributed by atoms with Crippen LogP contribution in [0.25, 0.3) is 0 Å². The molecule has 0 aliphatic carbocycles. The fourth-order valence-corrected chi connectivity index (χ4v) is 2.65. The molecule has 7 heteroatoms. The van der Waals surface area contributed by atoms with Gasteiger partial charge in [-0.05, 0) is 19.1 Å². The van der Waals surface area contributed by atoms with Crippen molar-refractivity contribution in [2.45, 2.75) is 25.2 Å². The number of ketones is 1. The fraction of sp³-hybridized carbons (Fsp3) is 0.286. The lowest BCUT2D eigenvalue weighted by Gasteiger charge is -2.07. The van der Waals surface area contributed by atoms with E-state index in [1.165, 1.54) is 30.0 Å². The first kappa shape index (κ1) is 15.5. The van der Waals surface area contributed by atoms with Crippen molar-refractivity contribution < 1.29 is 18.3 Å². The Balaban J connectivity index is 2.00. The summed E-state index contributed by atoms with van der Waals surface area (Å²) in [4.78, 5) is 16.2. The third kappa shape index (κ3) is 4.29. The van der Waals surface area contributed by atoms with E-state index in [9.17, 15) is 13.6 Å². The molecule has 0 saturated carbocycles. The van der Waals surface area contributed by atoms with E-state index in [1.807, 2.05) is 17.7 Å². The molecule has 0 N–H and O–H groups in total. The minimum atomic E-state index is -2.90. The van der Waals surface area contributed by atoms with Crippen molar-refractivity contribution in [2.75, 3.05) is 5.75 Å². The first-order chi connectivity index (χ1) is 10.1. The third-order valence-electron chi connectivity index (χ3n) is 2.73. The SMILES string of the molecule is CCn1ccnc1SCC(=O)c1cccc(OC(F)F)c1. The molecule has 2 rings (SSSR count). The second-order valence-corrected chi connectivity index (χ2v) is 5.06. The predicted molar refractivity (Wildman–Crippen MR) is 76.0 cm³/mol. The van der Waals surface area contributed by atoms with E-state index in [2.05, 4.69) is 9.72 Å². The number of aromatic nitrogens is 2. The van der Waals surface area contributed by atoms with E-state index < -0.39 is 6.61 Å². The topological polar surface area (TPSA) is 44.1 Å². The van der Waals surface area contributed by atoms with Crippen molar-refractivity contribution in [2.24, 2.45) is 0 Å². The van der Waals surface area contributed by atoms with Crippen LogP contribution in [0.2, 0.25) is 0 Å². The number of alkyl halides is 2. The second kappa shape index (κ2) is 7.21. The number of rotatable bonds is 7. The molecular formula is C14H14F2N2O2S. The zero-order valence-electron chi connectivity index (χ0n) is 11.3. The largest absolute Gasteiger partial charge is 0.435 e. The van der Waals surface area contributed by atoms with Gasteiger partial charge in [0.05, 0.1) is 5.75 Å². The van der Waals surface area contributed by atoms with E-state index in [4.69, 9.17) is 0 Å². The maximum atomic E-state index is 12.1. The summed E-state index contributed by atoms with van der Waals surface area (Å²) in [6.45, 7) is -0.144. The Hall–Kier alpha value is -1.89. The third-order valence-corrected chi connectivity index (χ3v) is 3.74. The van der Waals surface area contributed by atoms with Gasteiger partial charge >= 0.3 is 6.61 Å². The Morgan fingerprint density at radius 3 is 3.00 bits per heavy atom. The molecule has 2 aromatic rings. The normalized spacial score (nSPS) is 10.9. The molecule has 0 amide bonds. The van der Waals surface area contributed by atoms with Crippen molar-refractivity contribution in [3.8, 4) is 5.75 Å². The van der Waals surface area contributed by atoms with Gasteiger partial charge in [0, 0.05) is 24.5 Å². The number of ether oxygens (including phenoxy) is 1. The van der Waals surface area contributed by atoms with Gasteiger partial charge in [0.15, 0.2) is 10.9 Å². The highest BCUT2D eigenvalue weighted by Crippen LogP contribution is 2.20. The van der Waals surface area contributed by atoms with Gasteiger partial charge in [0.25, 0.3) is 0 Å². The molecule has 0 unspecified atom stereocenters. The number of aryl methyl sites for hydroxylation is 1. The number of halogens is 2. The molecule has 0 fully saturated rings. The average molecular weight is 312 g/mol. The van der Waals surface area contributed by atoms with E-state index in [0.29, 0.717) is 5.56 Å². The number of nitrogens with zero attached hydrogens (tertiary/aromatic N) is 2. The maximum Gasteiger partial charge on any atom is 0.387 e. The Kier molecular flexibility index (Phi) is 5.32. The monoisotopic (exact) mass is 312 g/mol. The molecule has 0 aliphatic heterocycles. The van der Waals surface area contributed by atoms with Crippen LogP contribution in [0, 0.1) is 0 Å². The zero-order chi connectivity index (χ0) is 15.2. The van der Waals surface area contributed by atoms with Gasteiger partial charge in [-0.1, -0.05) is 23.9 Å². The van der Waals surface area contributed by atoms with Gasteiger partial charge in [-0.15, -0.1) is 0 Å². The molecule has 1 aromatic carbocycles. The van der Waals surface area contributed by atoms with Crippen LogP contribution >= 0.6 is 11.8 Å². The molecule has 0 bridgehead atoms. The minimum Gasteiger partial charge on any atom is -0.435 e. The van der Waals surface area contributed by atoms with Crippen molar-refractivity contribution in [3.05, 3.63) is 42.2 Å². The van der Waals surface area contributed by atoms with Crippen molar-refractivity contribution in [1.82, 2.24) is 9.55 Å². The molecule has 1 heterocycles. The second-order valence-electron chi connectivity index (χ2n) is 4.11. The van der Waals surface area contributed by atoms with E-state index in [-0.39, 0.29) is 17.3 Å². The van der Waals surface area contributed by atoms with Crippen LogP contribution in [-0.4, -0.2) is 27.7 Å². The summed E-state index contributed by atoms with van der Waals surface area (Å²) in [7, 11) is 0. The summed E-state index contributed by atoms with van der Waals surface area (Å²) in [6, 6.07) is 5.80. The number of carbonyl (C=O) groups is 1. The van der Waals surface area contributed by atoms with Crippen LogP contribution in [-0.2, 0) is 6.54 Å². The number of carbonyl (C=O) groups excluding carboxylic acids is 1. The molecule has 0 saturated heterocycles. The quantitative estimate of drug-likeness (QED) is 0.580. The maximum absolute atomic E-state index is 12.1. The molecule has 4 nitrogen and oxygen atoms in total. The number of hydrogen-bond donors (Lipinski definition) is 0. The van der Waals surface area contributed by atoms with Gasteiger partial charge < -0.3 is 9.30 Å². The molecule has 0 radical (unpaired) electrons. The fourth-order valence-electron chi connectivity index (χ4n) is 1.74. The summed E-state index contributed by atoms with van der Waals surface area (Å²) in [5, 5.41) is 0.755. The molecule has 0 aliphatic rings. The first-order valence-corrected chi connectivity index (χ1v) is 7.30. The average Bonchev–Trinajstić information content (AvgIpc) is 2.91.